The van der Waals surface area contributed by atoms with Gasteiger partial charge in [0.2, 0.25) is 10.0 Å². The molecular formula is C32H32ClF2N3O7S. The number of carboxylic acid groups (broad SMARTS) is 1. The smallest absolute Gasteiger partial charge is 0.379 e. The number of fused-ring (bicyclic) bond motifs is 1. The second kappa shape index (κ2) is 13.4. The van der Waals surface area contributed by atoms with E-state index in [0.29, 0.717) is 40.1 Å². The van der Waals surface area contributed by atoms with Crippen LogP contribution in [-0.2, 0) is 37.0 Å². The van der Waals surface area contributed by atoms with Gasteiger partial charge in [0.15, 0.2) is 0 Å². The number of halogens is 3. The summed E-state index contributed by atoms with van der Waals surface area (Å²) in [5, 5.41) is 9.22. The number of carbonyl (C=O) groups excluding carboxylic acids is 2. The first-order valence-corrected chi connectivity index (χ1v) is 16.8. The highest BCUT2D eigenvalue weighted by Crippen LogP contribution is 2.46. The summed E-state index contributed by atoms with van der Waals surface area (Å²) in [5.41, 5.74) is 3.49. The Morgan fingerprint density at radius 2 is 1.67 bits per heavy atom. The first-order chi connectivity index (χ1) is 21.8. The van der Waals surface area contributed by atoms with Gasteiger partial charge in [0.25, 0.3) is 11.8 Å². The van der Waals surface area contributed by atoms with Crippen molar-refractivity contribution in [1.29, 1.82) is 0 Å². The van der Waals surface area contributed by atoms with Crippen molar-refractivity contribution in [2.24, 2.45) is 0 Å². The van der Waals surface area contributed by atoms with Crippen LogP contribution < -0.4 is 10.2 Å². The monoisotopic (exact) mass is 675 g/mol. The van der Waals surface area contributed by atoms with E-state index < -0.39 is 57.4 Å². The Morgan fingerprint density at radius 3 is 2.33 bits per heavy atom. The highest BCUT2D eigenvalue weighted by molar-refractivity contribution is 7.88. The molecule has 1 saturated carbocycles. The number of hydroxylamine groups is 1. The van der Waals surface area contributed by atoms with E-state index in [4.69, 9.17) is 21.5 Å². The molecule has 0 saturated heterocycles. The second-order valence-electron chi connectivity index (χ2n) is 11.5. The van der Waals surface area contributed by atoms with E-state index in [1.807, 2.05) is 0 Å². The van der Waals surface area contributed by atoms with Crippen molar-refractivity contribution in [3.8, 4) is 0 Å². The molecule has 5 rings (SSSR count). The van der Waals surface area contributed by atoms with Crippen LogP contribution in [0.1, 0.15) is 70.3 Å². The lowest BCUT2D eigenvalue weighted by Gasteiger charge is -2.49. The standard InChI is InChI=1S/C32H32ClF2N3O7S/c1-46(43,44)37-25-8-4-5-9-26(25)38-28(20-12-16-22(33)17-13-20)27(23-6-2-3-7-24(23)30(38)40)29(39)36-45-18-19-10-14-21(15-11-19)32(34,35)31(41)42/h2-3,6-7,10-17,25-28,37H,4-5,8-9,18H2,1H3,(H,36,39)(H,41,42)/t25-,26-,27+,28-/m0/s1. The minimum atomic E-state index is -4.06. The van der Waals surface area contributed by atoms with Gasteiger partial charge in [-0.2, -0.15) is 8.78 Å². The zero-order chi connectivity index (χ0) is 33.2. The molecule has 3 aromatic carbocycles. The van der Waals surface area contributed by atoms with Crippen molar-refractivity contribution >= 4 is 39.4 Å². The molecule has 1 aliphatic heterocycles. The highest BCUT2D eigenvalue weighted by Gasteiger charge is 2.49. The van der Waals surface area contributed by atoms with E-state index in [2.05, 4.69) is 10.2 Å². The molecule has 1 fully saturated rings. The quantitative estimate of drug-likeness (QED) is 0.260. The van der Waals surface area contributed by atoms with E-state index >= 15 is 0 Å². The maximum Gasteiger partial charge on any atom is 0.379 e. The van der Waals surface area contributed by atoms with Crippen LogP contribution in [0.2, 0.25) is 5.02 Å². The largest absolute Gasteiger partial charge is 0.477 e. The number of hydrogen-bond donors (Lipinski definition) is 3. The van der Waals surface area contributed by atoms with Crippen molar-refractivity contribution in [2.45, 2.75) is 62.3 Å². The number of hydrogen-bond acceptors (Lipinski definition) is 6. The summed E-state index contributed by atoms with van der Waals surface area (Å²) in [6.07, 6.45) is 3.60. The van der Waals surface area contributed by atoms with Crippen molar-refractivity contribution < 1.29 is 41.5 Å². The number of carboxylic acids is 1. The number of nitrogens with zero attached hydrogens (tertiary/aromatic N) is 1. The minimum Gasteiger partial charge on any atom is -0.477 e. The number of alkyl halides is 2. The molecule has 3 N–H and O–H groups in total. The zero-order valence-electron chi connectivity index (χ0n) is 24.7. The van der Waals surface area contributed by atoms with Crippen molar-refractivity contribution in [2.75, 3.05) is 6.26 Å². The Balaban J connectivity index is 1.48. The molecule has 1 heterocycles. The average Bonchev–Trinajstić information content (AvgIpc) is 3.01. The number of sulfonamides is 1. The molecule has 0 bridgehead atoms. The van der Waals surface area contributed by atoms with Gasteiger partial charge < -0.3 is 10.0 Å². The van der Waals surface area contributed by atoms with Gasteiger partial charge in [-0.15, -0.1) is 0 Å². The first-order valence-electron chi connectivity index (χ1n) is 14.5. The van der Waals surface area contributed by atoms with Gasteiger partial charge >= 0.3 is 11.9 Å². The van der Waals surface area contributed by atoms with Gasteiger partial charge in [-0.1, -0.05) is 79.0 Å². The van der Waals surface area contributed by atoms with Gasteiger partial charge in [0.05, 0.1) is 24.8 Å². The molecule has 0 spiro atoms. The first kappa shape index (κ1) is 33.5. The molecule has 1 aliphatic carbocycles. The average molecular weight is 676 g/mol. The SMILES string of the molecule is CS(=O)(=O)N[C@H]1CCCC[C@@H]1N1C(=O)c2ccccc2[C@@H](C(=O)NOCc2ccc(C(F)(F)C(=O)O)cc2)[C@@H]1c1ccc(Cl)cc1. The van der Waals surface area contributed by atoms with Crippen LogP contribution in [0.3, 0.4) is 0 Å². The zero-order valence-corrected chi connectivity index (χ0v) is 26.2. The molecule has 244 valence electrons. The van der Waals surface area contributed by atoms with Gasteiger partial charge in [0.1, 0.15) is 0 Å². The van der Waals surface area contributed by atoms with Crippen LogP contribution in [0.4, 0.5) is 8.78 Å². The summed E-state index contributed by atoms with van der Waals surface area (Å²) < 4.78 is 55.0. The fourth-order valence-electron chi connectivity index (χ4n) is 6.26. The van der Waals surface area contributed by atoms with E-state index in [1.165, 1.54) is 12.1 Å². The fourth-order valence-corrected chi connectivity index (χ4v) is 7.21. The van der Waals surface area contributed by atoms with Crippen LogP contribution in [-0.4, -0.2) is 54.5 Å². The van der Waals surface area contributed by atoms with E-state index in [0.717, 1.165) is 31.2 Å². The van der Waals surface area contributed by atoms with Gasteiger partial charge in [-0.25, -0.2) is 23.4 Å². The predicted molar refractivity (Wildman–Crippen MR) is 164 cm³/mol. The lowest BCUT2D eigenvalue weighted by atomic mass is 9.76. The third-order valence-electron chi connectivity index (χ3n) is 8.32. The summed E-state index contributed by atoms with van der Waals surface area (Å²) in [5.74, 6) is -8.26. The molecule has 14 heteroatoms. The van der Waals surface area contributed by atoms with E-state index in [-0.39, 0.29) is 12.5 Å². The maximum atomic E-state index is 14.3. The molecule has 46 heavy (non-hydrogen) atoms. The van der Waals surface area contributed by atoms with Gasteiger partial charge in [-0.05, 0) is 47.7 Å². The number of carbonyl (C=O) groups is 3. The predicted octanol–water partition coefficient (Wildman–Crippen LogP) is 4.91. The summed E-state index contributed by atoms with van der Waals surface area (Å²) >= 11 is 6.19. The van der Waals surface area contributed by atoms with Crippen LogP contribution in [0.15, 0.2) is 72.8 Å². The Labute approximate surface area is 269 Å². The maximum absolute atomic E-state index is 14.3. The molecule has 2 aliphatic rings. The van der Waals surface area contributed by atoms with E-state index in [1.54, 1.807) is 53.4 Å². The van der Waals surface area contributed by atoms with Gasteiger partial charge in [0, 0.05) is 28.2 Å². The third kappa shape index (κ3) is 7.07. The van der Waals surface area contributed by atoms with Crippen molar-refractivity contribution in [3.05, 3.63) is 106 Å². The molecule has 0 radical (unpaired) electrons. The summed E-state index contributed by atoms with van der Waals surface area (Å²) in [4.78, 5) is 46.3. The number of aliphatic carboxylic acids is 1. The van der Waals surface area contributed by atoms with Crippen LogP contribution >= 0.6 is 11.6 Å². The molecule has 4 atom stereocenters. The Morgan fingerprint density at radius 1 is 1.02 bits per heavy atom. The molecule has 0 unspecified atom stereocenters. The number of amides is 2. The molecule has 0 aromatic heterocycles. The van der Waals surface area contributed by atoms with Crippen LogP contribution in [0.5, 0.6) is 0 Å². The van der Waals surface area contributed by atoms with Crippen molar-refractivity contribution in [1.82, 2.24) is 15.1 Å². The summed E-state index contributed by atoms with van der Waals surface area (Å²) in [6, 6.07) is 15.9. The van der Waals surface area contributed by atoms with E-state index in [9.17, 15) is 31.6 Å². The Hall–Kier alpha value is -3.91. The second-order valence-corrected chi connectivity index (χ2v) is 13.7. The normalized spacial score (nSPS) is 21.8. The lowest BCUT2D eigenvalue weighted by Crippen LogP contribution is -2.59. The topological polar surface area (TPSA) is 142 Å². The third-order valence-corrected chi connectivity index (χ3v) is 9.30. The molecule has 10 nitrogen and oxygen atoms in total. The number of benzene rings is 3. The lowest BCUT2D eigenvalue weighted by molar-refractivity contribution is -0.166. The van der Waals surface area contributed by atoms with Crippen molar-refractivity contribution in [3.63, 3.8) is 0 Å². The highest BCUT2D eigenvalue weighted by atomic mass is 35.5. The molecule has 3 aromatic rings. The molecule has 2 amide bonds. The van der Waals surface area contributed by atoms with Gasteiger partial charge in [-0.3, -0.25) is 14.4 Å². The fraction of sp³-hybridized carbons (Fsp3) is 0.344. The number of rotatable bonds is 10. The Kier molecular flexibility index (Phi) is 9.78. The summed E-state index contributed by atoms with van der Waals surface area (Å²) in [6.45, 7) is -0.226. The number of nitrogens with one attached hydrogen (secondary N) is 2. The van der Waals surface area contributed by atoms with Crippen LogP contribution in [0, 0.1) is 0 Å². The Bertz CT molecular complexity index is 1720. The summed E-state index contributed by atoms with van der Waals surface area (Å²) in [7, 11) is -3.62. The minimum absolute atomic E-state index is 0.226. The molecular weight excluding hydrogens is 644 g/mol. The van der Waals surface area contributed by atoms with Crippen LogP contribution in [0.25, 0.3) is 0 Å².